The average Bonchev–Trinajstić information content (AvgIpc) is 2.63. The van der Waals surface area contributed by atoms with E-state index in [4.69, 9.17) is 28.5 Å². The van der Waals surface area contributed by atoms with Crippen molar-refractivity contribution >= 4 is 12.2 Å². The molecule has 2 rings (SSSR count). The number of hydrogen-bond donors (Lipinski definition) is 3. The van der Waals surface area contributed by atoms with Crippen LogP contribution in [0, 0.1) is 17.0 Å². The van der Waals surface area contributed by atoms with Crippen LogP contribution >= 0.6 is 12.2 Å². The van der Waals surface area contributed by atoms with Crippen LogP contribution in [0.25, 0.3) is 0 Å². The molecule has 0 amide bonds. The summed E-state index contributed by atoms with van der Waals surface area (Å²) in [5.74, 6) is 1.79. The lowest BCUT2D eigenvalue weighted by Crippen LogP contribution is -2.44. The van der Waals surface area contributed by atoms with Crippen molar-refractivity contribution in [3.05, 3.63) is 27.4 Å². The summed E-state index contributed by atoms with van der Waals surface area (Å²) < 4.78 is 20.7. The van der Waals surface area contributed by atoms with E-state index in [2.05, 4.69) is 4.98 Å². The molecule has 1 fully saturated rings. The van der Waals surface area contributed by atoms with Crippen LogP contribution in [-0.2, 0) is 4.74 Å². The van der Waals surface area contributed by atoms with Crippen LogP contribution in [0.3, 0.4) is 0 Å². The summed E-state index contributed by atoms with van der Waals surface area (Å²) in [6.45, 7) is -0.622. The van der Waals surface area contributed by atoms with Gasteiger partial charge in [-0.1, -0.05) is 18.1 Å². The van der Waals surface area contributed by atoms with E-state index in [9.17, 15) is 14.3 Å². The summed E-state index contributed by atoms with van der Waals surface area (Å²) in [7, 11) is 0. The van der Waals surface area contributed by atoms with E-state index in [1.807, 2.05) is 0 Å². The third-order valence-electron chi connectivity index (χ3n) is 2.95. The molecule has 1 aromatic heterocycles. The van der Waals surface area contributed by atoms with Crippen molar-refractivity contribution in [1.29, 1.82) is 0 Å². The molecule has 3 N–H and O–H groups in total. The smallest absolute Gasteiger partial charge is 0.328 e. The van der Waals surface area contributed by atoms with Crippen molar-refractivity contribution in [2.45, 2.75) is 24.1 Å². The molecule has 0 saturated carbocycles. The third-order valence-corrected chi connectivity index (χ3v) is 3.19. The predicted molar refractivity (Wildman–Crippen MR) is 65.6 cm³/mol. The number of H-pyrrole nitrogens is 1. The Morgan fingerprint density at radius 3 is 2.95 bits per heavy atom. The fraction of sp³-hybridized carbons (Fsp3) is 0.455. The number of nitrogens with one attached hydrogen (secondary N) is 1. The third kappa shape index (κ3) is 2.11. The second kappa shape index (κ2) is 4.86. The standard InChI is InChI=1S/C11H11FN2O4S/c1-2-11(12)8(16)6(5-15)18-9(11)14-4-3-7(19)13-10(14)17/h1,3-4,6,8-9,15-16H,5H2,(H,13,17,19)/t6-,8+,9-,11?/m1/s1. The number of rotatable bonds is 2. The van der Waals surface area contributed by atoms with E-state index in [1.54, 1.807) is 5.92 Å². The molecule has 4 atom stereocenters. The summed E-state index contributed by atoms with van der Waals surface area (Å²) >= 11 is 4.76. The molecule has 0 aromatic carbocycles. The molecule has 8 heteroatoms. The van der Waals surface area contributed by atoms with Crippen LogP contribution < -0.4 is 5.69 Å². The van der Waals surface area contributed by atoms with Crippen molar-refractivity contribution < 1.29 is 19.3 Å². The topological polar surface area (TPSA) is 87.5 Å². The minimum absolute atomic E-state index is 0.170. The van der Waals surface area contributed by atoms with E-state index >= 15 is 0 Å². The highest BCUT2D eigenvalue weighted by atomic mass is 32.1. The van der Waals surface area contributed by atoms with Gasteiger partial charge in [0.25, 0.3) is 0 Å². The lowest BCUT2D eigenvalue weighted by molar-refractivity contribution is -0.0542. The first-order valence-electron chi connectivity index (χ1n) is 5.36. The number of aliphatic hydroxyl groups excluding tert-OH is 2. The molecule has 19 heavy (non-hydrogen) atoms. The summed E-state index contributed by atoms with van der Waals surface area (Å²) in [5.41, 5.74) is -3.34. The lowest BCUT2D eigenvalue weighted by atomic mass is 9.97. The molecule has 0 bridgehead atoms. The van der Waals surface area contributed by atoms with Gasteiger partial charge >= 0.3 is 5.69 Å². The molecular formula is C11H11FN2O4S. The van der Waals surface area contributed by atoms with Gasteiger partial charge in [0.1, 0.15) is 16.8 Å². The molecule has 1 aliphatic rings. The Kier molecular flexibility index (Phi) is 3.56. The maximum atomic E-state index is 14.6. The summed E-state index contributed by atoms with van der Waals surface area (Å²) in [5, 5.41) is 18.7. The molecule has 102 valence electrons. The summed E-state index contributed by atoms with van der Waals surface area (Å²) in [6.07, 6.45) is 1.82. The van der Waals surface area contributed by atoms with Crippen molar-refractivity contribution in [2.75, 3.05) is 6.61 Å². The van der Waals surface area contributed by atoms with E-state index in [0.29, 0.717) is 0 Å². The normalized spacial score (nSPS) is 34.1. The van der Waals surface area contributed by atoms with E-state index in [-0.39, 0.29) is 4.64 Å². The van der Waals surface area contributed by atoms with Crippen LogP contribution in [0.1, 0.15) is 6.23 Å². The van der Waals surface area contributed by atoms with E-state index in [1.165, 1.54) is 12.3 Å². The number of nitrogens with zero attached hydrogens (tertiary/aromatic N) is 1. The Morgan fingerprint density at radius 1 is 1.74 bits per heavy atom. The van der Waals surface area contributed by atoms with Crippen LogP contribution in [0.15, 0.2) is 17.1 Å². The number of aliphatic hydroxyl groups is 2. The van der Waals surface area contributed by atoms with Crippen LogP contribution in [-0.4, -0.2) is 44.2 Å². The maximum Gasteiger partial charge on any atom is 0.328 e. The Hall–Kier alpha value is -1.53. The van der Waals surface area contributed by atoms with Crippen molar-refractivity contribution in [3.63, 3.8) is 0 Å². The zero-order chi connectivity index (χ0) is 14.2. The molecule has 0 spiro atoms. The van der Waals surface area contributed by atoms with Crippen LogP contribution in [0.2, 0.25) is 0 Å². The van der Waals surface area contributed by atoms with Crippen LogP contribution in [0.4, 0.5) is 4.39 Å². The summed E-state index contributed by atoms with van der Waals surface area (Å²) in [4.78, 5) is 14.0. The second-order valence-corrected chi connectivity index (χ2v) is 4.52. The van der Waals surface area contributed by atoms with Gasteiger partial charge in [-0.2, -0.15) is 0 Å². The zero-order valence-electron chi connectivity index (χ0n) is 9.62. The monoisotopic (exact) mass is 286 g/mol. The number of aromatic amines is 1. The van der Waals surface area contributed by atoms with Crippen molar-refractivity contribution in [1.82, 2.24) is 9.55 Å². The molecule has 1 unspecified atom stereocenters. The molecular weight excluding hydrogens is 275 g/mol. The number of alkyl halides is 1. The molecule has 1 saturated heterocycles. The van der Waals surface area contributed by atoms with Gasteiger partial charge < -0.3 is 14.9 Å². The highest BCUT2D eigenvalue weighted by molar-refractivity contribution is 7.71. The first-order valence-corrected chi connectivity index (χ1v) is 5.77. The SMILES string of the molecule is C#CC1(F)[C@@H](O)[C@@H](CO)O[C@H]1n1ccc(=S)[nH]c1=O. The predicted octanol–water partition coefficient (Wildman–Crippen LogP) is -0.502. The van der Waals surface area contributed by atoms with Gasteiger partial charge in [0.05, 0.1) is 6.61 Å². The molecule has 6 nitrogen and oxygen atoms in total. The minimum Gasteiger partial charge on any atom is -0.394 e. The molecule has 2 heterocycles. The van der Waals surface area contributed by atoms with E-state index in [0.717, 1.165) is 4.57 Å². The van der Waals surface area contributed by atoms with Gasteiger partial charge in [0, 0.05) is 6.20 Å². The summed E-state index contributed by atoms with van der Waals surface area (Å²) in [6, 6.07) is 1.36. The maximum absolute atomic E-state index is 14.6. The zero-order valence-corrected chi connectivity index (χ0v) is 10.4. The Bertz CT molecular complexity index is 637. The lowest BCUT2D eigenvalue weighted by Gasteiger charge is -2.23. The number of ether oxygens (including phenoxy) is 1. The van der Waals surface area contributed by atoms with Gasteiger partial charge in [-0.3, -0.25) is 9.55 Å². The number of halogens is 1. The first-order chi connectivity index (χ1) is 8.93. The van der Waals surface area contributed by atoms with Gasteiger partial charge in [-0.05, 0) is 6.07 Å². The first kappa shape index (κ1) is 13.9. The number of aromatic nitrogens is 2. The molecule has 0 radical (unpaired) electrons. The van der Waals surface area contributed by atoms with Crippen molar-refractivity contribution in [2.24, 2.45) is 0 Å². The van der Waals surface area contributed by atoms with Gasteiger partial charge in [-0.15, -0.1) is 6.42 Å². The fourth-order valence-corrected chi connectivity index (χ4v) is 2.08. The van der Waals surface area contributed by atoms with Crippen LogP contribution in [0.5, 0.6) is 0 Å². The Labute approximate surface area is 112 Å². The molecule has 0 aliphatic carbocycles. The van der Waals surface area contributed by atoms with Crippen molar-refractivity contribution in [3.8, 4) is 12.3 Å². The van der Waals surface area contributed by atoms with Gasteiger partial charge in [0.15, 0.2) is 6.23 Å². The number of terminal acetylenes is 1. The fourth-order valence-electron chi connectivity index (χ4n) is 1.94. The minimum atomic E-state index is -2.62. The average molecular weight is 286 g/mol. The Balaban J connectivity index is 2.52. The highest BCUT2D eigenvalue weighted by Gasteiger charge is 2.57. The largest absolute Gasteiger partial charge is 0.394 e. The van der Waals surface area contributed by atoms with Gasteiger partial charge in [0.2, 0.25) is 5.67 Å². The second-order valence-electron chi connectivity index (χ2n) is 4.08. The van der Waals surface area contributed by atoms with Gasteiger partial charge in [-0.25, -0.2) is 9.18 Å². The molecule has 1 aliphatic heterocycles. The van der Waals surface area contributed by atoms with E-state index < -0.39 is 36.4 Å². The number of hydrogen-bond acceptors (Lipinski definition) is 5. The molecule has 1 aromatic rings. The Morgan fingerprint density at radius 2 is 2.42 bits per heavy atom. The highest BCUT2D eigenvalue weighted by Crippen LogP contribution is 2.40. The quantitative estimate of drug-likeness (QED) is 0.504.